The molecule has 0 spiro atoms. The van der Waals surface area contributed by atoms with Crippen LogP contribution in [-0.2, 0) is 22.5 Å². The summed E-state index contributed by atoms with van der Waals surface area (Å²) in [5, 5.41) is 12.5. The molecule has 3 aromatic rings. The van der Waals surface area contributed by atoms with E-state index in [-0.39, 0.29) is 16.3 Å². The number of rotatable bonds is 5. The van der Waals surface area contributed by atoms with Crippen LogP contribution in [0.15, 0.2) is 42.5 Å². The molecule has 2 heterocycles. The lowest BCUT2D eigenvalue weighted by Gasteiger charge is -2.27. The van der Waals surface area contributed by atoms with E-state index < -0.39 is 23.9 Å². The molecule has 1 aromatic heterocycles. The number of carbonyl (C=O) groups is 3. The molecule has 170 valence electrons. The van der Waals surface area contributed by atoms with Crippen molar-refractivity contribution in [2.24, 2.45) is 0 Å². The Hall–Kier alpha value is -3.49. The summed E-state index contributed by atoms with van der Waals surface area (Å²) in [6.45, 7) is 2.84. The van der Waals surface area contributed by atoms with Crippen molar-refractivity contribution in [2.75, 3.05) is 18.9 Å². The van der Waals surface area contributed by atoms with Crippen molar-refractivity contribution in [3.8, 4) is 0 Å². The number of benzene rings is 2. The van der Waals surface area contributed by atoms with Gasteiger partial charge in [-0.15, -0.1) is 0 Å². The van der Waals surface area contributed by atoms with E-state index in [2.05, 4.69) is 10.2 Å². The summed E-state index contributed by atoms with van der Waals surface area (Å²) < 4.78 is 5.54. The number of carboxylic acid groups (broad SMARTS) is 1. The zero-order valence-electron chi connectivity index (χ0n) is 18.1. The highest BCUT2D eigenvalue weighted by atomic mass is 35.5. The molecule has 0 radical (unpaired) electrons. The molecule has 0 saturated heterocycles. The maximum absolute atomic E-state index is 13.3. The fourth-order valence-corrected chi connectivity index (χ4v) is 3.98. The SMILES string of the molecule is CC(OC(=O)c1c2c(nc3ccccc13)CCN(C)C2)C(=O)Nc1cc(C(=O)O)ccc1Cl. The number of likely N-dealkylation sites (N-methyl/N-ethyl adjacent to an activating group) is 1. The Morgan fingerprint density at radius 2 is 1.97 bits per heavy atom. The first-order valence-electron chi connectivity index (χ1n) is 10.4. The number of pyridine rings is 1. The van der Waals surface area contributed by atoms with Gasteiger partial charge < -0.3 is 20.1 Å². The average molecular weight is 468 g/mol. The van der Waals surface area contributed by atoms with Gasteiger partial charge in [-0.3, -0.25) is 9.78 Å². The van der Waals surface area contributed by atoms with Gasteiger partial charge in [0.2, 0.25) is 0 Å². The fraction of sp³-hybridized carbons (Fsp3) is 0.250. The van der Waals surface area contributed by atoms with Gasteiger partial charge in [0, 0.05) is 36.2 Å². The largest absolute Gasteiger partial charge is 0.478 e. The zero-order valence-corrected chi connectivity index (χ0v) is 18.8. The molecule has 2 N–H and O–H groups in total. The molecule has 0 bridgehead atoms. The summed E-state index contributed by atoms with van der Waals surface area (Å²) in [6.07, 6.45) is -0.434. The fourth-order valence-electron chi connectivity index (χ4n) is 3.82. The van der Waals surface area contributed by atoms with Crippen LogP contribution in [0.25, 0.3) is 10.9 Å². The number of nitrogens with one attached hydrogen (secondary N) is 1. The monoisotopic (exact) mass is 467 g/mol. The van der Waals surface area contributed by atoms with Gasteiger partial charge in [-0.05, 0) is 38.2 Å². The predicted octanol–water partition coefficient (Wildman–Crippen LogP) is 3.76. The summed E-state index contributed by atoms with van der Waals surface area (Å²) in [5.74, 6) is -2.40. The van der Waals surface area contributed by atoms with Gasteiger partial charge in [-0.25, -0.2) is 9.59 Å². The lowest BCUT2D eigenvalue weighted by Crippen LogP contribution is -2.32. The number of anilines is 1. The summed E-state index contributed by atoms with van der Waals surface area (Å²) in [6, 6.07) is 11.3. The van der Waals surface area contributed by atoms with Gasteiger partial charge in [0.25, 0.3) is 5.91 Å². The third kappa shape index (κ3) is 4.67. The molecule has 0 fully saturated rings. The molecule has 1 amide bonds. The van der Waals surface area contributed by atoms with Crippen molar-refractivity contribution in [1.82, 2.24) is 9.88 Å². The van der Waals surface area contributed by atoms with E-state index in [1.54, 1.807) is 0 Å². The molecule has 1 unspecified atom stereocenters. The summed E-state index contributed by atoms with van der Waals surface area (Å²) >= 11 is 6.08. The van der Waals surface area contributed by atoms with Crippen molar-refractivity contribution < 1.29 is 24.2 Å². The van der Waals surface area contributed by atoms with Gasteiger partial charge in [0.1, 0.15) is 0 Å². The summed E-state index contributed by atoms with van der Waals surface area (Å²) in [4.78, 5) is 44.0. The Labute approximate surface area is 195 Å². The number of carboxylic acids is 1. The molecule has 0 aliphatic carbocycles. The number of hydrogen-bond acceptors (Lipinski definition) is 6. The highest BCUT2D eigenvalue weighted by Gasteiger charge is 2.28. The smallest absolute Gasteiger partial charge is 0.339 e. The highest BCUT2D eigenvalue weighted by Crippen LogP contribution is 2.29. The highest BCUT2D eigenvalue weighted by molar-refractivity contribution is 6.34. The lowest BCUT2D eigenvalue weighted by atomic mass is 9.96. The van der Waals surface area contributed by atoms with Crippen LogP contribution in [0, 0.1) is 0 Å². The summed E-state index contributed by atoms with van der Waals surface area (Å²) in [5.41, 5.74) is 2.86. The number of amides is 1. The molecule has 8 nitrogen and oxygen atoms in total. The van der Waals surface area contributed by atoms with Crippen molar-refractivity contribution in [2.45, 2.75) is 26.0 Å². The number of nitrogens with zero attached hydrogens (tertiary/aromatic N) is 2. The second kappa shape index (κ2) is 9.17. The minimum absolute atomic E-state index is 0.0293. The molecular weight excluding hydrogens is 446 g/mol. The van der Waals surface area contributed by atoms with E-state index in [1.807, 2.05) is 31.3 Å². The van der Waals surface area contributed by atoms with Gasteiger partial charge in [0.15, 0.2) is 6.10 Å². The van der Waals surface area contributed by atoms with Crippen LogP contribution in [0.1, 0.15) is 38.9 Å². The van der Waals surface area contributed by atoms with E-state index in [1.165, 1.54) is 25.1 Å². The Morgan fingerprint density at radius 3 is 2.73 bits per heavy atom. The van der Waals surface area contributed by atoms with Crippen molar-refractivity contribution >= 4 is 46.0 Å². The Bertz CT molecular complexity index is 1280. The van der Waals surface area contributed by atoms with E-state index in [0.717, 1.165) is 17.8 Å². The first kappa shape index (κ1) is 22.7. The maximum Gasteiger partial charge on any atom is 0.339 e. The minimum Gasteiger partial charge on any atom is -0.478 e. The predicted molar refractivity (Wildman–Crippen MR) is 124 cm³/mol. The Morgan fingerprint density at radius 1 is 1.21 bits per heavy atom. The zero-order chi connectivity index (χ0) is 23.7. The number of esters is 1. The van der Waals surface area contributed by atoms with Gasteiger partial charge in [-0.1, -0.05) is 29.8 Å². The molecule has 1 atom stereocenters. The van der Waals surface area contributed by atoms with Crippen LogP contribution in [0.3, 0.4) is 0 Å². The molecule has 1 aliphatic rings. The Balaban J connectivity index is 1.60. The van der Waals surface area contributed by atoms with E-state index in [9.17, 15) is 14.4 Å². The number of fused-ring (bicyclic) bond motifs is 2. The van der Waals surface area contributed by atoms with Crippen LogP contribution in [-0.4, -0.2) is 52.5 Å². The van der Waals surface area contributed by atoms with Crippen LogP contribution < -0.4 is 5.32 Å². The average Bonchev–Trinajstić information content (AvgIpc) is 2.78. The number of para-hydroxylation sites is 1. The molecule has 33 heavy (non-hydrogen) atoms. The minimum atomic E-state index is -1.15. The normalized spacial score (nSPS) is 14.4. The van der Waals surface area contributed by atoms with Gasteiger partial charge in [0.05, 0.1) is 27.4 Å². The third-order valence-corrected chi connectivity index (χ3v) is 5.90. The van der Waals surface area contributed by atoms with Crippen LogP contribution in [0.5, 0.6) is 0 Å². The summed E-state index contributed by atoms with van der Waals surface area (Å²) in [7, 11) is 1.97. The van der Waals surface area contributed by atoms with E-state index >= 15 is 0 Å². The van der Waals surface area contributed by atoms with Crippen LogP contribution in [0.2, 0.25) is 5.02 Å². The number of halogens is 1. The van der Waals surface area contributed by atoms with E-state index in [4.69, 9.17) is 26.4 Å². The number of aromatic carboxylic acids is 1. The van der Waals surface area contributed by atoms with Crippen molar-refractivity contribution in [3.63, 3.8) is 0 Å². The molecule has 1 aliphatic heterocycles. The first-order valence-corrected chi connectivity index (χ1v) is 10.8. The molecule has 2 aromatic carbocycles. The quantitative estimate of drug-likeness (QED) is 0.550. The topological polar surface area (TPSA) is 109 Å². The third-order valence-electron chi connectivity index (χ3n) is 5.57. The first-order chi connectivity index (χ1) is 15.7. The standard InChI is InChI=1S/C24H22ClN3O5/c1-13(22(29)27-20-11-14(23(30)31)7-8-17(20)25)33-24(32)21-15-5-3-4-6-18(15)26-19-9-10-28(2)12-16(19)21/h3-8,11,13H,9-10,12H2,1-2H3,(H,27,29)(H,30,31). The number of aromatic nitrogens is 1. The second-order valence-corrected chi connectivity index (χ2v) is 8.36. The van der Waals surface area contributed by atoms with Crippen molar-refractivity contribution in [1.29, 1.82) is 0 Å². The molecule has 9 heteroatoms. The molecule has 0 saturated carbocycles. The number of hydrogen-bond donors (Lipinski definition) is 2. The van der Waals surface area contributed by atoms with E-state index in [0.29, 0.717) is 29.4 Å². The molecular formula is C24H22ClN3O5. The number of ether oxygens (including phenoxy) is 1. The second-order valence-electron chi connectivity index (χ2n) is 7.95. The number of carbonyl (C=O) groups excluding carboxylic acids is 2. The van der Waals surface area contributed by atoms with Crippen LogP contribution >= 0.6 is 11.6 Å². The lowest BCUT2D eigenvalue weighted by molar-refractivity contribution is -0.123. The van der Waals surface area contributed by atoms with Crippen molar-refractivity contribution in [3.05, 3.63) is 69.9 Å². The van der Waals surface area contributed by atoms with Gasteiger partial charge in [-0.2, -0.15) is 0 Å². The maximum atomic E-state index is 13.3. The molecule has 4 rings (SSSR count). The van der Waals surface area contributed by atoms with Crippen LogP contribution in [0.4, 0.5) is 5.69 Å². The van der Waals surface area contributed by atoms with Gasteiger partial charge >= 0.3 is 11.9 Å². The Kier molecular flexibility index (Phi) is 6.31.